The van der Waals surface area contributed by atoms with Crippen LogP contribution < -0.4 is 15.6 Å². The Morgan fingerprint density at radius 3 is 2.78 bits per heavy atom. The molecule has 4 rings (SSSR count). The second-order valence-electron chi connectivity index (χ2n) is 6.71. The third-order valence-corrected chi connectivity index (χ3v) is 5.04. The fourth-order valence-corrected chi connectivity index (χ4v) is 3.53. The average Bonchev–Trinajstić information content (AvgIpc) is 3.35. The normalized spacial score (nSPS) is 11.3. The lowest BCUT2D eigenvalue weighted by atomic mass is 10.1. The molecule has 0 saturated heterocycles. The van der Waals surface area contributed by atoms with E-state index in [-0.39, 0.29) is 23.6 Å². The van der Waals surface area contributed by atoms with Gasteiger partial charge in [-0.05, 0) is 37.6 Å². The van der Waals surface area contributed by atoms with Gasteiger partial charge in [0.2, 0.25) is 4.96 Å². The lowest BCUT2D eigenvalue weighted by Gasteiger charge is -2.06. The van der Waals surface area contributed by atoms with Crippen LogP contribution in [0, 0.1) is 25.2 Å². The van der Waals surface area contributed by atoms with Crippen LogP contribution in [-0.2, 0) is 11.4 Å². The van der Waals surface area contributed by atoms with Crippen LogP contribution in [0.5, 0.6) is 5.75 Å². The first-order chi connectivity index (χ1) is 15.4. The van der Waals surface area contributed by atoms with Crippen molar-refractivity contribution in [1.82, 2.24) is 19.8 Å². The number of amides is 1. The minimum absolute atomic E-state index is 0.0860. The predicted octanol–water partition coefficient (Wildman–Crippen LogP) is 2.88. The number of rotatable bonds is 6. The molecule has 1 N–H and O–H groups in total. The van der Waals surface area contributed by atoms with Crippen molar-refractivity contribution in [1.29, 1.82) is 5.26 Å². The van der Waals surface area contributed by atoms with E-state index in [9.17, 15) is 14.9 Å². The van der Waals surface area contributed by atoms with Gasteiger partial charge in [0.05, 0.1) is 5.69 Å². The quantitative estimate of drug-likeness (QED) is 0.351. The first kappa shape index (κ1) is 21.0. The molecule has 32 heavy (non-hydrogen) atoms. The van der Waals surface area contributed by atoms with Gasteiger partial charge in [-0.25, -0.2) is 4.98 Å². The van der Waals surface area contributed by atoms with E-state index in [4.69, 9.17) is 9.26 Å². The van der Waals surface area contributed by atoms with Crippen molar-refractivity contribution in [2.24, 2.45) is 0 Å². The van der Waals surface area contributed by atoms with E-state index in [1.54, 1.807) is 37.3 Å². The van der Waals surface area contributed by atoms with E-state index >= 15 is 0 Å². The van der Waals surface area contributed by atoms with Gasteiger partial charge in [-0.15, -0.1) is 0 Å². The van der Waals surface area contributed by atoms with Crippen LogP contribution in [0.4, 0.5) is 5.82 Å². The van der Waals surface area contributed by atoms with Gasteiger partial charge in [0, 0.05) is 12.1 Å². The predicted molar refractivity (Wildman–Crippen MR) is 116 cm³/mol. The fraction of sp³-hybridized carbons (Fsp3) is 0.143. The van der Waals surface area contributed by atoms with Crippen LogP contribution in [0.3, 0.4) is 0 Å². The summed E-state index contributed by atoms with van der Waals surface area (Å²) in [4.78, 5) is 29.3. The van der Waals surface area contributed by atoms with Crippen molar-refractivity contribution in [3.8, 4) is 11.8 Å². The topological polar surface area (TPSA) is 135 Å². The van der Waals surface area contributed by atoms with Gasteiger partial charge in [0.1, 0.15) is 34.8 Å². The number of nitrogens with one attached hydrogen (secondary N) is 1. The highest BCUT2D eigenvalue weighted by molar-refractivity contribution is 7.16. The van der Waals surface area contributed by atoms with Crippen molar-refractivity contribution in [3.05, 3.63) is 74.4 Å². The molecule has 0 radical (unpaired) electrons. The van der Waals surface area contributed by atoms with E-state index in [0.717, 1.165) is 5.01 Å². The van der Waals surface area contributed by atoms with Gasteiger partial charge in [0.25, 0.3) is 11.5 Å². The summed E-state index contributed by atoms with van der Waals surface area (Å²) in [6, 6.07) is 11.6. The number of carbonyl (C=O) groups excluding carboxylic acids is 1. The highest BCUT2D eigenvalue weighted by Gasteiger charge is 2.12. The van der Waals surface area contributed by atoms with Crippen LogP contribution in [-0.4, -0.2) is 25.7 Å². The van der Waals surface area contributed by atoms with Crippen molar-refractivity contribution in [3.63, 3.8) is 0 Å². The molecule has 0 atom stereocenters. The van der Waals surface area contributed by atoms with Crippen LogP contribution >= 0.6 is 11.3 Å². The Morgan fingerprint density at radius 1 is 1.31 bits per heavy atom. The Kier molecular flexibility index (Phi) is 5.78. The number of hydrogen-bond acceptors (Lipinski definition) is 9. The molecule has 4 aromatic rings. The Labute approximate surface area is 185 Å². The summed E-state index contributed by atoms with van der Waals surface area (Å²) >= 11 is 1.33. The largest absolute Gasteiger partial charge is 0.487 e. The SMILES string of the molecule is Cc1cc(NC(=O)/C(C#N)=C\c2ccc(OCc3cc(=O)n4nc(C)sc4n3)cc2)no1. The maximum absolute atomic E-state index is 12.3. The Bertz CT molecular complexity index is 1430. The summed E-state index contributed by atoms with van der Waals surface area (Å²) in [5.74, 6) is 0.732. The fourth-order valence-electron chi connectivity index (χ4n) is 2.77. The minimum atomic E-state index is -0.591. The molecule has 0 aliphatic heterocycles. The zero-order valence-electron chi connectivity index (χ0n) is 17.0. The molecule has 1 aromatic carbocycles. The summed E-state index contributed by atoms with van der Waals surface area (Å²) in [5, 5.41) is 20.3. The van der Waals surface area contributed by atoms with E-state index in [2.05, 4.69) is 20.6 Å². The molecule has 0 unspecified atom stereocenters. The molecule has 0 bridgehead atoms. The number of fused-ring (bicyclic) bond motifs is 1. The number of hydrogen-bond donors (Lipinski definition) is 1. The molecule has 0 spiro atoms. The smallest absolute Gasteiger partial charge is 0.275 e. The number of aromatic nitrogens is 4. The molecule has 11 heteroatoms. The monoisotopic (exact) mass is 448 g/mol. The number of aryl methyl sites for hydroxylation is 2. The molecule has 1 amide bonds. The summed E-state index contributed by atoms with van der Waals surface area (Å²) in [7, 11) is 0. The van der Waals surface area contributed by atoms with Crippen LogP contribution in [0.2, 0.25) is 0 Å². The lowest BCUT2D eigenvalue weighted by molar-refractivity contribution is -0.112. The number of benzene rings is 1. The van der Waals surface area contributed by atoms with Crippen molar-refractivity contribution in [2.75, 3.05) is 5.32 Å². The summed E-state index contributed by atoms with van der Waals surface area (Å²) in [6.45, 7) is 3.61. The Hall–Kier alpha value is -4.30. The number of ether oxygens (including phenoxy) is 1. The average molecular weight is 448 g/mol. The third-order valence-electron chi connectivity index (χ3n) is 4.21. The van der Waals surface area contributed by atoms with Crippen LogP contribution in [0.1, 0.15) is 22.0 Å². The number of anilines is 1. The van der Waals surface area contributed by atoms with Crippen molar-refractivity contribution >= 4 is 34.1 Å². The minimum Gasteiger partial charge on any atom is -0.487 e. The molecule has 10 nitrogen and oxygen atoms in total. The van der Waals surface area contributed by atoms with Gasteiger partial charge < -0.3 is 14.6 Å². The van der Waals surface area contributed by atoms with Crippen molar-refractivity contribution in [2.45, 2.75) is 20.5 Å². The Morgan fingerprint density at radius 2 is 2.09 bits per heavy atom. The van der Waals surface area contributed by atoms with E-state index in [1.807, 2.05) is 13.0 Å². The molecule has 160 valence electrons. The summed E-state index contributed by atoms with van der Waals surface area (Å²) in [6.07, 6.45) is 1.45. The second-order valence-corrected chi connectivity index (χ2v) is 7.87. The number of carbonyl (C=O) groups is 1. The third kappa shape index (κ3) is 4.71. The van der Waals surface area contributed by atoms with E-state index < -0.39 is 5.91 Å². The molecule has 3 aromatic heterocycles. The molecule has 0 aliphatic carbocycles. The number of nitrogens with zero attached hydrogens (tertiary/aromatic N) is 5. The van der Waals surface area contributed by atoms with Gasteiger partial charge in [0.15, 0.2) is 5.82 Å². The molecule has 0 fully saturated rings. The maximum atomic E-state index is 12.3. The van der Waals surface area contributed by atoms with Gasteiger partial charge >= 0.3 is 0 Å². The summed E-state index contributed by atoms with van der Waals surface area (Å²) in [5.41, 5.74) is 0.783. The molecular formula is C21H16N6O4S. The second kappa shape index (κ2) is 8.83. The highest BCUT2D eigenvalue weighted by atomic mass is 32.1. The number of nitriles is 1. The standard InChI is InChI=1S/C21H16N6O4S/c1-12-7-18(26-31-12)24-20(29)15(10-22)8-14-3-5-17(6-4-14)30-11-16-9-19(28)27-21(23-16)32-13(2)25-27/h3-9H,11H2,1-2H3,(H,24,26,29)/b15-8-. The zero-order valence-corrected chi connectivity index (χ0v) is 17.8. The molecule has 0 saturated carbocycles. The van der Waals surface area contributed by atoms with Crippen LogP contribution in [0.15, 0.2) is 51.3 Å². The first-order valence-electron chi connectivity index (χ1n) is 9.37. The summed E-state index contributed by atoms with van der Waals surface area (Å²) < 4.78 is 11.9. The zero-order chi connectivity index (χ0) is 22.7. The molecule has 3 heterocycles. The highest BCUT2D eigenvalue weighted by Crippen LogP contribution is 2.17. The maximum Gasteiger partial charge on any atom is 0.275 e. The van der Waals surface area contributed by atoms with E-state index in [0.29, 0.717) is 27.7 Å². The molecular weight excluding hydrogens is 432 g/mol. The van der Waals surface area contributed by atoms with Gasteiger partial charge in [-0.1, -0.05) is 28.6 Å². The van der Waals surface area contributed by atoms with Gasteiger partial charge in [-0.3, -0.25) is 9.59 Å². The van der Waals surface area contributed by atoms with Crippen LogP contribution in [0.25, 0.3) is 11.0 Å². The van der Waals surface area contributed by atoms with Gasteiger partial charge in [-0.2, -0.15) is 14.9 Å². The Balaban J connectivity index is 1.42. The lowest BCUT2D eigenvalue weighted by Crippen LogP contribution is -2.16. The first-order valence-corrected chi connectivity index (χ1v) is 10.2. The molecule has 0 aliphatic rings. The van der Waals surface area contributed by atoms with Crippen molar-refractivity contribution < 1.29 is 14.1 Å². The van der Waals surface area contributed by atoms with E-state index in [1.165, 1.54) is 28.0 Å².